The number of thiazole rings is 1. The Morgan fingerprint density at radius 3 is 2.64 bits per heavy atom. The number of aryl methyl sites for hydroxylation is 2. The van der Waals surface area contributed by atoms with Crippen LogP contribution in [0.25, 0.3) is 21.5 Å². The fourth-order valence-electron chi connectivity index (χ4n) is 3.01. The van der Waals surface area contributed by atoms with Gasteiger partial charge in [0.1, 0.15) is 16.2 Å². The van der Waals surface area contributed by atoms with Gasteiger partial charge in [0, 0.05) is 11.1 Å². The van der Waals surface area contributed by atoms with Crippen LogP contribution in [0.3, 0.4) is 0 Å². The standard InChI is InChI=1S/C21H23NO5S/c1-6-7-13-8-15-16(9-14(13)20(24)26-11(2)3)27-21(25-5)17(18(15)23)19-22-12(4)10-28-19/h8-11H,6-7H2,1-5H3. The van der Waals surface area contributed by atoms with Crippen LogP contribution in [0, 0.1) is 6.92 Å². The molecule has 3 aromatic rings. The van der Waals surface area contributed by atoms with Crippen LogP contribution in [0.1, 0.15) is 48.8 Å². The van der Waals surface area contributed by atoms with Gasteiger partial charge in [0.05, 0.1) is 24.2 Å². The molecule has 148 valence electrons. The SMILES string of the molecule is CCCc1cc2c(=O)c(-c3nc(C)cs3)c(OC)oc2cc1C(=O)OC(C)C. The van der Waals surface area contributed by atoms with Crippen molar-refractivity contribution in [2.45, 2.75) is 46.6 Å². The van der Waals surface area contributed by atoms with E-state index in [2.05, 4.69) is 4.98 Å². The molecule has 1 aromatic carbocycles. The molecule has 0 aliphatic carbocycles. The van der Waals surface area contributed by atoms with E-state index >= 15 is 0 Å². The number of hydrogen-bond donors (Lipinski definition) is 0. The van der Waals surface area contributed by atoms with Gasteiger partial charge in [-0.05, 0) is 44.9 Å². The van der Waals surface area contributed by atoms with Crippen LogP contribution >= 0.6 is 11.3 Å². The Bertz CT molecular complexity index is 1080. The average Bonchev–Trinajstić information content (AvgIpc) is 3.06. The maximum absolute atomic E-state index is 13.2. The number of hydrogen-bond acceptors (Lipinski definition) is 7. The second-order valence-electron chi connectivity index (χ2n) is 6.80. The summed E-state index contributed by atoms with van der Waals surface area (Å²) in [5, 5.41) is 2.81. The van der Waals surface area contributed by atoms with Crippen LogP contribution in [0.15, 0.2) is 26.7 Å². The van der Waals surface area contributed by atoms with E-state index in [4.69, 9.17) is 13.9 Å². The average molecular weight is 401 g/mol. The molecular weight excluding hydrogens is 378 g/mol. The minimum absolute atomic E-state index is 0.0817. The van der Waals surface area contributed by atoms with Crippen molar-refractivity contribution >= 4 is 28.3 Å². The molecule has 6 nitrogen and oxygen atoms in total. The molecule has 0 aliphatic heterocycles. The Hall–Kier alpha value is -2.67. The Balaban J connectivity index is 2.27. The van der Waals surface area contributed by atoms with E-state index in [0.717, 1.165) is 17.7 Å². The molecule has 0 bridgehead atoms. The van der Waals surface area contributed by atoms with Crippen molar-refractivity contribution in [3.63, 3.8) is 0 Å². The molecule has 0 aliphatic rings. The van der Waals surface area contributed by atoms with E-state index in [1.807, 2.05) is 19.2 Å². The van der Waals surface area contributed by atoms with Gasteiger partial charge in [-0.2, -0.15) is 0 Å². The molecule has 0 N–H and O–H groups in total. The second kappa shape index (κ2) is 8.14. The van der Waals surface area contributed by atoms with Gasteiger partial charge in [-0.1, -0.05) is 13.3 Å². The van der Waals surface area contributed by atoms with Gasteiger partial charge < -0.3 is 13.9 Å². The largest absolute Gasteiger partial charge is 0.468 e. The molecule has 0 unspecified atom stereocenters. The molecule has 7 heteroatoms. The fourth-order valence-corrected chi connectivity index (χ4v) is 3.83. The van der Waals surface area contributed by atoms with E-state index in [-0.39, 0.29) is 23.1 Å². The lowest BCUT2D eigenvalue weighted by molar-refractivity contribution is 0.0376. The van der Waals surface area contributed by atoms with Crippen LogP contribution in [-0.4, -0.2) is 24.2 Å². The lowest BCUT2D eigenvalue weighted by Crippen LogP contribution is -2.15. The minimum Gasteiger partial charge on any atom is -0.468 e. The Morgan fingerprint density at radius 1 is 1.32 bits per heavy atom. The molecule has 3 rings (SSSR count). The van der Waals surface area contributed by atoms with Crippen molar-refractivity contribution in [3.8, 4) is 16.5 Å². The number of aromatic nitrogens is 1. The van der Waals surface area contributed by atoms with Crippen molar-refractivity contribution in [2.75, 3.05) is 7.11 Å². The third-order valence-electron chi connectivity index (χ3n) is 4.18. The summed E-state index contributed by atoms with van der Waals surface area (Å²) in [7, 11) is 1.44. The number of carbonyl (C=O) groups excluding carboxylic acids is 1. The van der Waals surface area contributed by atoms with Crippen molar-refractivity contribution in [1.82, 2.24) is 4.98 Å². The van der Waals surface area contributed by atoms with Gasteiger partial charge in [-0.15, -0.1) is 11.3 Å². The lowest BCUT2D eigenvalue weighted by atomic mass is 9.99. The summed E-state index contributed by atoms with van der Waals surface area (Å²) in [5.74, 6) is -0.347. The highest BCUT2D eigenvalue weighted by atomic mass is 32.1. The van der Waals surface area contributed by atoms with E-state index in [9.17, 15) is 9.59 Å². The molecule has 0 saturated heterocycles. The normalized spacial score (nSPS) is 11.2. The van der Waals surface area contributed by atoms with E-state index in [1.54, 1.807) is 26.0 Å². The first-order chi connectivity index (χ1) is 13.3. The number of esters is 1. The van der Waals surface area contributed by atoms with Crippen LogP contribution in [0.5, 0.6) is 5.95 Å². The number of ether oxygens (including phenoxy) is 2. The first kappa shape index (κ1) is 20.1. The highest BCUT2D eigenvalue weighted by Gasteiger charge is 2.23. The number of methoxy groups -OCH3 is 1. The minimum atomic E-state index is -0.429. The molecule has 0 atom stereocenters. The topological polar surface area (TPSA) is 78.6 Å². The third kappa shape index (κ3) is 3.80. The smallest absolute Gasteiger partial charge is 0.338 e. The van der Waals surface area contributed by atoms with Gasteiger partial charge in [0.25, 0.3) is 5.95 Å². The number of carbonyl (C=O) groups is 1. The van der Waals surface area contributed by atoms with Crippen molar-refractivity contribution in [1.29, 1.82) is 0 Å². The summed E-state index contributed by atoms with van der Waals surface area (Å²) >= 11 is 1.36. The number of fused-ring (bicyclic) bond motifs is 1. The van der Waals surface area contributed by atoms with E-state index in [0.29, 0.717) is 27.9 Å². The summed E-state index contributed by atoms with van der Waals surface area (Å²) in [5.41, 5.74) is 2.35. The summed E-state index contributed by atoms with van der Waals surface area (Å²) in [6.07, 6.45) is 1.23. The third-order valence-corrected chi connectivity index (χ3v) is 5.16. The molecule has 0 fully saturated rings. The summed E-state index contributed by atoms with van der Waals surface area (Å²) in [6.45, 7) is 7.47. The van der Waals surface area contributed by atoms with E-state index < -0.39 is 5.97 Å². The highest BCUT2D eigenvalue weighted by molar-refractivity contribution is 7.13. The number of rotatable bonds is 6. The Kier molecular flexibility index (Phi) is 5.84. The quantitative estimate of drug-likeness (QED) is 0.555. The molecule has 2 aromatic heterocycles. The van der Waals surface area contributed by atoms with Crippen LogP contribution in [-0.2, 0) is 11.2 Å². The second-order valence-corrected chi connectivity index (χ2v) is 7.66. The molecule has 28 heavy (non-hydrogen) atoms. The maximum Gasteiger partial charge on any atom is 0.338 e. The lowest BCUT2D eigenvalue weighted by Gasteiger charge is -2.13. The van der Waals surface area contributed by atoms with Gasteiger partial charge >= 0.3 is 5.97 Å². The van der Waals surface area contributed by atoms with E-state index in [1.165, 1.54) is 18.4 Å². The zero-order valence-corrected chi connectivity index (χ0v) is 17.4. The molecule has 0 saturated carbocycles. The fraction of sp³-hybridized carbons (Fsp3) is 0.381. The predicted octanol–water partition coefficient (Wildman–Crippen LogP) is 4.75. The van der Waals surface area contributed by atoms with Gasteiger partial charge in [0.2, 0.25) is 5.43 Å². The van der Waals surface area contributed by atoms with Crippen molar-refractivity contribution < 1.29 is 18.7 Å². The van der Waals surface area contributed by atoms with Crippen molar-refractivity contribution in [3.05, 3.63) is 44.6 Å². The molecule has 0 amide bonds. The first-order valence-electron chi connectivity index (χ1n) is 9.16. The predicted molar refractivity (Wildman–Crippen MR) is 109 cm³/mol. The van der Waals surface area contributed by atoms with Gasteiger partial charge in [-0.25, -0.2) is 9.78 Å². The zero-order chi connectivity index (χ0) is 20.4. The molecule has 2 heterocycles. The number of benzene rings is 1. The monoisotopic (exact) mass is 401 g/mol. The van der Waals surface area contributed by atoms with Crippen LogP contribution in [0.4, 0.5) is 0 Å². The van der Waals surface area contributed by atoms with Crippen LogP contribution < -0.4 is 10.2 Å². The summed E-state index contributed by atoms with van der Waals surface area (Å²) in [6, 6.07) is 3.30. The zero-order valence-electron chi connectivity index (χ0n) is 16.6. The molecule has 0 radical (unpaired) electrons. The summed E-state index contributed by atoms with van der Waals surface area (Å²) in [4.78, 5) is 30.2. The highest BCUT2D eigenvalue weighted by Crippen LogP contribution is 2.33. The summed E-state index contributed by atoms with van der Waals surface area (Å²) < 4.78 is 16.5. The molecule has 0 spiro atoms. The van der Waals surface area contributed by atoms with Crippen LogP contribution in [0.2, 0.25) is 0 Å². The van der Waals surface area contributed by atoms with Gasteiger partial charge in [0.15, 0.2) is 0 Å². The maximum atomic E-state index is 13.2. The Labute approximate surface area is 167 Å². The van der Waals surface area contributed by atoms with Gasteiger partial charge in [-0.3, -0.25) is 4.79 Å². The molecular formula is C21H23NO5S. The number of nitrogens with zero attached hydrogens (tertiary/aromatic N) is 1. The van der Waals surface area contributed by atoms with Crippen molar-refractivity contribution in [2.24, 2.45) is 0 Å². The first-order valence-corrected chi connectivity index (χ1v) is 10.0. The Morgan fingerprint density at radius 2 is 2.07 bits per heavy atom.